The molecule has 5 atom stereocenters. The highest BCUT2D eigenvalue weighted by atomic mass is 16.5. The smallest absolute Gasteiger partial charge is 0.335 e. The second-order valence-corrected chi connectivity index (χ2v) is 8.60. The minimum absolute atomic E-state index is 0.0895. The van der Waals surface area contributed by atoms with Gasteiger partial charge in [0.2, 0.25) is 0 Å². The van der Waals surface area contributed by atoms with E-state index in [0.29, 0.717) is 25.0 Å². The fraction of sp³-hybridized carbons (Fsp3) is 0.571. The van der Waals surface area contributed by atoms with Gasteiger partial charge in [0.15, 0.2) is 0 Å². The first kappa shape index (κ1) is 17.2. The van der Waals surface area contributed by atoms with Crippen LogP contribution in [0.3, 0.4) is 0 Å². The molecule has 3 heterocycles. The van der Waals surface area contributed by atoms with Crippen molar-refractivity contribution in [1.82, 2.24) is 4.90 Å². The zero-order chi connectivity index (χ0) is 19.0. The van der Waals surface area contributed by atoms with Crippen molar-refractivity contribution in [3.05, 3.63) is 41.1 Å². The zero-order valence-corrected chi connectivity index (χ0v) is 15.7. The molecular weight excluding hydrogens is 344 g/mol. The number of methoxy groups -OCH3 is 1. The van der Waals surface area contributed by atoms with E-state index in [2.05, 4.69) is 28.4 Å². The Morgan fingerprint density at radius 3 is 2.93 bits per heavy atom. The molecule has 6 nitrogen and oxygen atoms in total. The van der Waals surface area contributed by atoms with Gasteiger partial charge >= 0.3 is 5.97 Å². The highest BCUT2D eigenvalue weighted by Crippen LogP contribution is 2.61. The van der Waals surface area contributed by atoms with Gasteiger partial charge in [0, 0.05) is 24.0 Å². The largest absolute Gasteiger partial charge is 0.466 e. The molecule has 0 unspecified atom stereocenters. The third-order valence-electron chi connectivity index (χ3n) is 7.32. The lowest BCUT2D eigenvalue weighted by Crippen LogP contribution is -2.63. The molecule has 144 valence electrons. The molecule has 0 aromatic heterocycles. The Labute approximate surface area is 158 Å². The van der Waals surface area contributed by atoms with Crippen LogP contribution in [0.5, 0.6) is 0 Å². The molecule has 0 radical (unpaired) electrons. The fourth-order valence-electron chi connectivity index (χ4n) is 6.21. The number of hydrogen-bond donors (Lipinski definition) is 3. The number of fused-ring (bicyclic) bond motifs is 1. The number of para-hydroxylation sites is 1. The number of hydrogen-bond acceptors (Lipinski definition) is 6. The Hall–Kier alpha value is -1.89. The summed E-state index contributed by atoms with van der Waals surface area (Å²) in [4.78, 5) is 15.0. The molecule has 2 fully saturated rings. The van der Waals surface area contributed by atoms with Gasteiger partial charge in [0.05, 0.1) is 24.2 Å². The summed E-state index contributed by atoms with van der Waals surface area (Å²) >= 11 is 0. The summed E-state index contributed by atoms with van der Waals surface area (Å²) in [6, 6.07) is 8.51. The van der Waals surface area contributed by atoms with Crippen molar-refractivity contribution in [2.75, 3.05) is 25.5 Å². The van der Waals surface area contributed by atoms with E-state index in [1.54, 1.807) is 6.92 Å². The molecule has 1 spiro atoms. The van der Waals surface area contributed by atoms with Crippen molar-refractivity contribution < 1.29 is 19.7 Å². The minimum Gasteiger partial charge on any atom is -0.466 e. The van der Waals surface area contributed by atoms with Crippen LogP contribution < -0.4 is 5.32 Å². The molecule has 2 saturated heterocycles. The number of anilines is 1. The van der Waals surface area contributed by atoms with Gasteiger partial charge in [-0.15, -0.1) is 0 Å². The number of nitrogens with one attached hydrogen (secondary N) is 1. The molecule has 3 aliphatic heterocycles. The lowest BCUT2D eigenvalue weighted by molar-refractivity contribution is -0.142. The fourth-order valence-corrected chi connectivity index (χ4v) is 6.21. The van der Waals surface area contributed by atoms with Gasteiger partial charge in [-0.1, -0.05) is 18.2 Å². The maximum atomic E-state index is 12.7. The maximum absolute atomic E-state index is 12.7. The van der Waals surface area contributed by atoms with Gasteiger partial charge in [0.1, 0.15) is 5.60 Å². The predicted molar refractivity (Wildman–Crippen MR) is 100 cm³/mol. The second-order valence-electron chi connectivity index (χ2n) is 8.60. The third kappa shape index (κ3) is 2.09. The van der Waals surface area contributed by atoms with Gasteiger partial charge in [-0.3, -0.25) is 4.90 Å². The number of nitrogens with zero attached hydrogens (tertiary/aromatic N) is 1. The first-order valence-electron chi connectivity index (χ1n) is 9.74. The molecular formula is C21H26N2O4. The Bertz CT molecular complexity index is 850. The van der Waals surface area contributed by atoms with Crippen LogP contribution in [0.25, 0.3) is 0 Å². The molecule has 0 bridgehead atoms. The van der Waals surface area contributed by atoms with E-state index in [9.17, 15) is 15.0 Å². The Morgan fingerprint density at radius 1 is 1.41 bits per heavy atom. The molecule has 3 N–H and O–H groups in total. The summed E-state index contributed by atoms with van der Waals surface area (Å²) in [7, 11) is 1.42. The molecule has 4 aliphatic rings. The zero-order valence-electron chi connectivity index (χ0n) is 15.7. The van der Waals surface area contributed by atoms with Crippen LogP contribution >= 0.6 is 0 Å². The van der Waals surface area contributed by atoms with Crippen LogP contribution in [0.1, 0.15) is 31.7 Å². The lowest BCUT2D eigenvalue weighted by atomic mass is 9.60. The van der Waals surface area contributed by atoms with Crippen LogP contribution in [-0.2, 0) is 14.9 Å². The van der Waals surface area contributed by atoms with Gasteiger partial charge in [-0.05, 0) is 50.3 Å². The normalized spacial score (nSPS) is 37.9. The number of rotatable bonds is 2. The van der Waals surface area contributed by atoms with Gasteiger partial charge in [-0.25, -0.2) is 4.79 Å². The monoisotopic (exact) mass is 370 g/mol. The molecule has 1 aromatic rings. The van der Waals surface area contributed by atoms with Crippen LogP contribution in [0.15, 0.2) is 35.5 Å². The Balaban J connectivity index is 1.70. The summed E-state index contributed by atoms with van der Waals surface area (Å²) in [5.74, 6) is -0.209. The average molecular weight is 370 g/mol. The molecule has 0 amide bonds. The number of ether oxygens (including phenoxy) is 1. The van der Waals surface area contributed by atoms with Crippen molar-refractivity contribution in [3.8, 4) is 0 Å². The second kappa shape index (κ2) is 5.56. The number of esters is 1. The van der Waals surface area contributed by atoms with Crippen molar-refractivity contribution in [1.29, 1.82) is 0 Å². The molecule has 6 heteroatoms. The first-order chi connectivity index (χ1) is 12.9. The Kier molecular flexibility index (Phi) is 3.55. The summed E-state index contributed by atoms with van der Waals surface area (Å²) in [5, 5.41) is 24.8. The number of benzene rings is 1. The number of aliphatic hydroxyl groups excluding tert-OH is 1. The predicted octanol–water partition coefficient (Wildman–Crippen LogP) is 1.39. The van der Waals surface area contributed by atoms with E-state index in [-0.39, 0.29) is 23.3 Å². The van der Waals surface area contributed by atoms with Crippen molar-refractivity contribution in [2.24, 2.45) is 5.92 Å². The molecule has 27 heavy (non-hydrogen) atoms. The van der Waals surface area contributed by atoms with Crippen LogP contribution in [0.2, 0.25) is 0 Å². The van der Waals surface area contributed by atoms with Crippen molar-refractivity contribution in [3.63, 3.8) is 0 Å². The molecule has 1 aromatic carbocycles. The molecule has 5 rings (SSSR count). The van der Waals surface area contributed by atoms with Crippen LogP contribution in [-0.4, -0.2) is 59.0 Å². The van der Waals surface area contributed by atoms with E-state index in [4.69, 9.17) is 4.74 Å². The van der Waals surface area contributed by atoms with Gasteiger partial charge < -0.3 is 20.3 Å². The number of carbonyl (C=O) groups is 1. The van der Waals surface area contributed by atoms with E-state index in [1.807, 2.05) is 6.07 Å². The maximum Gasteiger partial charge on any atom is 0.335 e. The Morgan fingerprint density at radius 2 is 2.19 bits per heavy atom. The average Bonchev–Trinajstić information content (AvgIpc) is 3.20. The lowest BCUT2D eigenvalue weighted by Gasteiger charge is -2.53. The van der Waals surface area contributed by atoms with E-state index < -0.39 is 11.7 Å². The molecule has 1 aliphatic carbocycles. The van der Waals surface area contributed by atoms with Crippen molar-refractivity contribution in [2.45, 2.75) is 49.3 Å². The summed E-state index contributed by atoms with van der Waals surface area (Å²) < 4.78 is 5.12. The van der Waals surface area contributed by atoms with Gasteiger partial charge in [0.25, 0.3) is 0 Å². The third-order valence-corrected chi connectivity index (χ3v) is 7.32. The van der Waals surface area contributed by atoms with Crippen molar-refractivity contribution >= 4 is 11.7 Å². The minimum atomic E-state index is -1.14. The van der Waals surface area contributed by atoms with E-state index in [1.165, 1.54) is 12.7 Å². The van der Waals surface area contributed by atoms with Crippen LogP contribution in [0, 0.1) is 5.92 Å². The van der Waals surface area contributed by atoms with E-state index in [0.717, 1.165) is 24.4 Å². The number of piperidine rings is 1. The summed E-state index contributed by atoms with van der Waals surface area (Å²) in [6.45, 7) is 2.96. The summed E-state index contributed by atoms with van der Waals surface area (Å²) in [5.41, 5.74) is 2.57. The first-order valence-corrected chi connectivity index (χ1v) is 9.74. The molecule has 0 saturated carbocycles. The highest BCUT2D eigenvalue weighted by Gasteiger charge is 2.64. The van der Waals surface area contributed by atoms with Crippen LogP contribution in [0.4, 0.5) is 5.69 Å². The quantitative estimate of drug-likeness (QED) is 0.683. The SMILES string of the molecule is COC(=O)C1=C2Nc3ccccc3[C@]23CCN2C[C@@](O)([C@H](C)O)C[C@H](C1)[C@@H]23. The van der Waals surface area contributed by atoms with E-state index >= 15 is 0 Å². The topological polar surface area (TPSA) is 82.0 Å². The standard InChI is InChI=1S/C21H26N2O4/c1-12(24)20(26)10-13-9-14(19(25)27-2)17-21(7-8-23(11-20)18(13)21)15-5-3-4-6-16(15)22-17/h3-6,12-13,18,22,24,26H,7-11H2,1-2H3/t12-,13-,18+,20+,21+/m0/s1. The number of carbonyl (C=O) groups excluding carboxylic acids is 1. The number of aliphatic hydroxyl groups is 2. The highest BCUT2D eigenvalue weighted by molar-refractivity contribution is 5.93. The summed E-state index contributed by atoms with van der Waals surface area (Å²) in [6.07, 6.45) is 1.13. The van der Waals surface area contributed by atoms with Gasteiger partial charge in [-0.2, -0.15) is 0 Å².